The van der Waals surface area contributed by atoms with E-state index in [9.17, 15) is 9.59 Å². The number of ether oxygens (including phenoxy) is 1. The van der Waals surface area contributed by atoms with E-state index in [-0.39, 0.29) is 18.2 Å². The Bertz CT molecular complexity index is 1200. The topological polar surface area (TPSA) is 123 Å². The second kappa shape index (κ2) is 7.82. The van der Waals surface area contributed by atoms with Crippen molar-refractivity contribution in [3.63, 3.8) is 0 Å². The van der Waals surface area contributed by atoms with E-state index in [1.54, 1.807) is 24.4 Å². The number of tetrazole rings is 1. The minimum absolute atomic E-state index is 0.0253. The number of hydrogen-bond acceptors (Lipinski definition) is 9. The highest BCUT2D eigenvalue weighted by Gasteiger charge is 2.49. The van der Waals surface area contributed by atoms with Crippen molar-refractivity contribution in [3.05, 3.63) is 35.0 Å². The Morgan fingerprint density at radius 2 is 2.16 bits per heavy atom. The van der Waals surface area contributed by atoms with E-state index in [1.165, 1.54) is 11.3 Å². The molecule has 1 spiro atoms. The predicted molar refractivity (Wildman–Crippen MR) is 116 cm³/mol. The maximum absolute atomic E-state index is 13.0. The first kappa shape index (κ1) is 20.8. The largest absolute Gasteiger partial charge is 0.486 e. The number of carbonyl (C=O) groups excluding carboxylic acids is 1. The number of anilines is 1. The lowest BCUT2D eigenvalue weighted by Gasteiger charge is -2.47. The molecule has 166 valence electrons. The molecule has 2 aliphatic heterocycles. The van der Waals surface area contributed by atoms with Gasteiger partial charge in [0.25, 0.3) is 0 Å². The van der Waals surface area contributed by atoms with Crippen LogP contribution in [0.5, 0.6) is 5.75 Å². The molecule has 1 unspecified atom stereocenters. The molecular weight excluding hydrogens is 456 g/mol. The van der Waals surface area contributed by atoms with E-state index < -0.39 is 11.6 Å². The van der Waals surface area contributed by atoms with E-state index in [1.807, 2.05) is 6.92 Å². The zero-order chi connectivity index (χ0) is 22.5. The van der Waals surface area contributed by atoms with Gasteiger partial charge >= 0.3 is 5.97 Å². The zero-order valence-electron chi connectivity index (χ0n) is 17.1. The highest BCUT2D eigenvalue weighted by atomic mass is 35.5. The lowest BCUT2D eigenvalue weighted by Crippen LogP contribution is -2.56. The van der Waals surface area contributed by atoms with Crippen LogP contribution in [0, 0.1) is 5.92 Å². The highest BCUT2D eigenvalue weighted by Crippen LogP contribution is 2.45. The minimum Gasteiger partial charge on any atom is -0.486 e. The van der Waals surface area contributed by atoms with E-state index >= 15 is 0 Å². The average Bonchev–Trinajstić information content (AvgIpc) is 3.42. The van der Waals surface area contributed by atoms with Gasteiger partial charge in [-0.3, -0.25) is 9.59 Å². The third-order valence-electron chi connectivity index (χ3n) is 6.04. The molecule has 4 heterocycles. The second-order valence-electron chi connectivity index (χ2n) is 7.90. The van der Waals surface area contributed by atoms with Crippen molar-refractivity contribution < 1.29 is 19.4 Å². The molecule has 0 amide bonds. The normalized spacial score (nSPS) is 19.6. The molecule has 2 aliphatic rings. The molecule has 1 saturated heterocycles. The van der Waals surface area contributed by atoms with Crippen molar-refractivity contribution in [3.8, 4) is 16.5 Å². The van der Waals surface area contributed by atoms with Gasteiger partial charge in [0.15, 0.2) is 17.5 Å². The van der Waals surface area contributed by atoms with Gasteiger partial charge in [-0.05, 0) is 17.3 Å². The first-order valence-corrected chi connectivity index (χ1v) is 11.3. The van der Waals surface area contributed by atoms with Crippen LogP contribution in [0.1, 0.15) is 30.1 Å². The molecule has 3 aromatic rings. The Hall–Kier alpha value is -3.05. The fourth-order valence-electron chi connectivity index (χ4n) is 4.25. The number of carboxylic acids is 1. The first-order valence-electron chi connectivity index (χ1n) is 10.1. The molecule has 0 saturated carbocycles. The Labute approximate surface area is 191 Å². The van der Waals surface area contributed by atoms with Gasteiger partial charge in [-0.25, -0.2) is 4.98 Å². The molecule has 10 nitrogen and oxygen atoms in total. The van der Waals surface area contributed by atoms with Crippen LogP contribution in [-0.2, 0) is 11.3 Å². The van der Waals surface area contributed by atoms with Crippen LogP contribution < -0.4 is 9.64 Å². The van der Waals surface area contributed by atoms with Gasteiger partial charge in [-0.15, -0.1) is 10.2 Å². The third-order valence-corrected chi connectivity index (χ3v) is 7.41. The monoisotopic (exact) mass is 474 g/mol. The smallest absolute Gasteiger partial charge is 0.327 e. The van der Waals surface area contributed by atoms with Gasteiger partial charge in [0.1, 0.15) is 11.4 Å². The summed E-state index contributed by atoms with van der Waals surface area (Å²) >= 11 is 7.67. The molecule has 5 rings (SSSR count). The minimum atomic E-state index is -1.04. The second-order valence-corrected chi connectivity index (χ2v) is 9.31. The summed E-state index contributed by atoms with van der Waals surface area (Å²) < 4.78 is 6.39. The van der Waals surface area contributed by atoms with E-state index in [0.29, 0.717) is 53.0 Å². The molecule has 2 aromatic heterocycles. The molecule has 0 radical (unpaired) electrons. The summed E-state index contributed by atoms with van der Waals surface area (Å²) in [5.74, 6) is -0.411. The molecule has 1 N–H and O–H groups in total. The summed E-state index contributed by atoms with van der Waals surface area (Å²) in [6.07, 6.45) is 3.01. The number of halogens is 1. The van der Waals surface area contributed by atoms with Crippen molar-refractivity contribution in [2.24, 2.45) is 5.92 Å². The number of thiazole rings is 1. The van der Waals surface area contributed by atoms with Crippen LogP contribution in [-0.4, -0.2) is 60.7 Å². The number of aromatic nitrogens is 5. The number of carbonyl (C=O) groups is 2. The SMILES string of the molecule is CC1C(=O)c2c(Cl)cccc2OC12CCN(c1ncc(-c3nnn(CC(=O)O)n3)s1)CC2. The third kappa shape index (κ3) is 3.51. The van der Waals surface area contributed by atoms with E-state index in [2.05, 4.69) is 25.3 Å². The Kier molecular flexibility index (Phi) is 5.09. The molecule has 1 aromatic carbocycles. The van der Waals surface area contributed by atoms with Gasteiger partial charge in [0, 0.05) is 25.9 Å². The van der Waals surface area contributed by atoms with Crippen molar-refractivity contribution in [2.45, 2.75) is 31.9 Å². The van der Waals surface area contributed by atoms with Gasteiger partial charge < -0.3 is 14.7 Å². The number of hydrogen-bond donors (Lipinski definition) is 1. The first-order chi connectivity index (χ1) is 15.4. The maximum Gasteiger partial charge on any atom is 0.327 e. The average molecular weight is 475 g/mol. The summed E-state index contributed by atoms with van der Waals surface area (Å²) in [4.78, 5) is 32.2. The number of carboxylic acid groups (broad SMARTS) is 1. The van der Waals surface area contributed by atoms with Crippen molar-refractivity contribution >= 4 is 39.8 Å². The number of fused-ring (bicyclic) bond motifs is 1. The number of nitrogens with zero attached hydrogens (tertiary/aromatic N) is 6. The van der Waals surface area contributed by atoms with E-state index in [4.69, 9.17) is 21.4 Å². The van der Waals surface area contributed by atoms with Crippen LogP contribution in [0.3, 0.4) is 0 Å². The van der Waals surface area contributed by atoms with Crippen LogP contribution in [0.2, 0.25) is 5.02 Å². The highest BCUT2D eigenvalue weighted by molar-refractivity contribution is 7.18. The number of piperidine rings is 1. The predicted octanol–water partition coefficient (Wildman–Crippen LogP) is 2.79. The molecule has 1 atom stereocenters. The number of Topliss-reactive ketones (excluding diaryl/α,β-unsaturated/α-hetero) is 1. The number of rotatable bonds is 4. The fourth-order valence-corrected chi connectivity index (χ4v) is 5.40. The van der Waals surface area contributed by atoms with Gasteiger partial charge in [0.2, 0.25) is 5.82 Å². The van der Waals surface area contributed by atoms with Crippen molar-refractivity contribution in [2.75, 3.05) is 18.0 Å². The summed E-state index contributed by atoms with van der Waals surface area (Å²) in [6.45, 7) is 2.93. The van der Waals surface area contributed by atoms with Crippen LogP contribution in [0.15, 0.2) is 24.4 Å². The summed E-state index contributed by atoms with van der Waals surface area (Å²) in [7, 11) is 0. The summed E-state index contributed by atoms with van der Waals surface area (Å²) in [6, 6.07) is 5.31. The van der Waals surface area contributed by atoms with Gasteiger partial charge in [-0.2, -0.15) is 4.80 Å². The van der Waals surface area contributed by atoms with Crippen molar-refractivity contribution in [1.29, 1.82) is 0 Å². The molecular formula is C20H19ClN6O4S. The zero-order valence-corrected chi connectivity index (χ0v) is 18.6. The molecule has 32 heavy (non-hydrogen) atoms. The van der Waals surface area contributed by atoms with Gasteiger partial charge in [0.05, 0.1) is 27.6 Å². The molecule has 0 aliphatic carbocycles. The van der Waals surface area contributed by atoms with E-state index in [0.717, 1.165) is 9.93 Å². The summed E-state index contributed by atoms with van der Waals surface area (Å²) in [5, 5.41) is 21.8. The molecule has 12 heteroatoms. The maximum atomic E-state index is 13.0. The standard InChI is InChI=1S/C20H19ClN6O4S/c1-11-17(30)16-12(21)3-2-4-13(16)31-20(11)5-7-26(8-6-20)19-22-9-14(32-19)18-23-25-27(24-18)10-15(28)29/h2-4,9,11H,5-8,10H2,1H3,(H,28,29). The number of aliphatic carboxylic acids is 1. The number of ketones is 1. The Morgan fingerprint density at radius 3 is 2.91 bits per heavy atom. The molecule has 0 bridgehead atoms. The van der Waals surface area contributed by atoms with Crippen LogP contribution in [0.4, 0.5) is 5.13 Å². The number of benzene rings is 1. The van der Waals surface area contributed by atoms with Gasteiger partial charge in [-0.1, -0.05) is 35.9 Å². The summed E-state index contributed by atoms with van der Waals surface area (Å²) in [5.41, 5.74) is -0.0883. The van der Waals surface area contributed by atoms with Crippen molar-refractivity contribution in [1.82, 2.24) is 25.2 Å². The molecule has 1 fully saturated rings. The lowest BCUT2D eigenvalue weighted by molar-refractivity contribution is -0.138. The quantitative estimate of drug-likeness (QED) is 0.607. The fraction of sp³-hybridized carbons (Fsp3) is 0.400. The van der Waals surface area contributed by atoms with Crippen LogP contribution in [0.25, 0.3) is 10.7 Å². The lowest BCUT2D eigenvalue weighted by atomic mass is 9.74. The van der Waals surface area contributed by atoms with Crippen LogP contribution >= 0.6 is 22.9 Å². The Morgan fingerprint density at radius 1 is 1.38 bits per heavy atom. The Balaban J connectivity index is 1.31.